The number of carbonyl (C=O) groups excluding carboxylic acids is 1. The summed E-state index contributed by atoms with van der Waals surface area (Å²) < 4.78 is 12.8. The van der Waals surface area contributed by atoms with Crippen molar-refractivity contribution in [1.29, 1.82) is 0 Å². The average molecular weight is 379 g/mol. The van der Waals surface area contributed by atoms with Gasteiger partial charge in [0.15, 0.2) is 0 Å². The van der Waals surface area contributed by atoms with Gasteiger partial charge < -0.3 is 14.2 Å². The van der Waals surface area contributed by atoms with Gasteiger partial charge in [0.05, 0.1) is 36.5 Å². The average Bonchev–Trinajstić information content (AvgIpc) is 3.41. The molecule has 0 spiro atoms. The van der Waals surface area contributed by atoms with Gasteiger partial charge in [0.2, 0.25) is 5.91 Å². The van der Waals surface area contributed by atoms with Crippen LogP contribution >= 0.6 is 0 Å². The Hall–Kier alpha value is -3.81. The van der Waals surface area contributed by atoms with E-state index in [0.29, 0.717) is 22.4 Å². The van der Waals surface area contributed by atoms with Crippen LogP contribution in [-0.4, -0.2) is 15.0 Å². The Morgan fingerprint density at radius 2 is 1.61 bits per heavy atom. The van der Waals surface area contributed by atoms with Crippen molar-refractivity contribution in [3.8, 4) is 0 Å². The number of nitrogens with one attached hydrogen (secondary N) is 1. The molecule has 0 saturated heterocycles. The molecule has 3 heterocycles. The number of carbonyl (C=O) groups is 1. The zero-order chi connectivity index (χ0) is 19.5. The van der Waals surface area contributed by atoms with E-state index in [-0.39, 0.29) is 25.5 Å². The second kappa shape index (κ2) is 7.43. The maximum Gasteiger partial charge on any atom is 0.332 e. The van der Waals surface area contributed by atoms with Gasteiger partial charge in [-0.3, -0.25) is 18.7 Å². The van der Waals surface area contributed by atoms with Gasteiger partial charge in [0.25, 0.3) is 5.56 Å². The fraction of sp³-hybridized carbons (Fsp3) is 0.150. The highest BCUT2D eigenvalue weighted by molar-refractivity contribution is 5.81. The monoisotopic (exact) mass is 379 g/mol. The van der Waals surface area contributed by atoms with Gasteiger partial charge in [-0.1, -0.05) is 12.1 Å². The van der Waals surface area contributed by atoms with Crippen LogP contribution in [0.4, 0.5) is 0 Å². The van der Waals surface area contributed by atoms with Crippen LogP contribution in [0.25, 0.3) is 10.9 Å². The molecule has 0 aliphatic rings. The molecule has 142 valence electrons. The molecule has 1 amide bonds. The lowest BCUT2D eigenvalue weighted by Crippen LogP contribution is -2.42. The first kappa shape index (κ1) is 17.6. The third-order valence-electron chi connectivity index (χ3n) is 4.37. The molecular weight excluding hydrogens is 362 g/mol. The lowest BCUT2D eigenvalue weighted by atomic mass is 10.2. The molecule has 0 bridgehead atoms. The van der Waals surface area contributed by atoms with Crippen molar-refractivity contribution in [3.63, 3.8) is 0 Å². The number of hydrogen-bond acceptors (Lipinski definition) is 5. The molecule has 8 nitrogen and oxygen atoms in total. The molecule has 4 rings (SSSR count). The van der Waals surface area contributed by atoms with E-state index >= 15 is 0 Å². The van der Waals surface area contributed by atoms with Gasteiger partial charge in [-0.15, -0.1) is 0 Å². The molecule has 28 heavy (non-hydrogen) atoms. The zero-order valence-electron chi connectivity index (χ0n) is 14.8. The number of hydrogen-bond donors (Lipinski definition) is 1. The summed E-state index contributed by atoms with van der Waals surface area (Å²) in [5, 5.41) is 3.06. The minimum Gasteiger partial charge on any atom is -0.467 e. The minimum atomic E-state index is -0.576. The molecule has 0 saturated carbocycles. The molecule has 3 aromatic heterocycles. The van der Waals surface area contributed by atoms with E-state index < -0.39 is 11.2 Å². The Morgan fingerprint density at radius 3 is 2.32 bits per heavy atom. The summed E-state index contributed by atoms with van der Waals surface area (Å²) in [5.41, 5.74) is -0.598. The normalized spacial score (nSPS) is 11.0. The fourth-order valence-electron chi connectivity index (χ4n) is 3.02. The van der Waals surface area contributed by atoms with Gasteiger partial charge in [-0.2, -0.15) is 0 Å². The van der Waals surface area contributed by atoms with Crippen LogP contribution in [0.5, 0.6) is 0 Å². The molecule has 0 aliphatic heterocycles. The summed E-state index contributed by atoms with van der Waals surface area (Å²) in [7, 11) is 0. The Kier molecular flexibility index (Phi) is 4.67. The Labute approximate surface area is 158 Å². The first-order valence-corrected chi connectivity index (χ1v) is 8.67. The molecule has 0 aliphatic carbocycles. The van der Waals surface area contributed by atoms with Crippen LogP contribution in [0.3, 0.4) is 0 Å². The molecule has 0 radical (unpaired) electrons. The van der Waals surface area contributed by atoms with E-state index in [9.17, 15) is 14.4 Å². The van der Waals surface area contributed by atoms with Gasteiger partial charge in [0.1, 0.15) is 18.1 Å². The van der Waals surface area contributed by atoms with Crippen molar-refractivity contribution in [2.24, 2.45) is 0 Å². The summed E-state index contributed by atoms with van der Waals surface area (Å²) in [6.45, 7) is -0.0213. The molecular formula is C20H17N3O5. The largest absolute Gasteiger partial charge is 0.467 e. The SMILES string of the molecule is O=C(Cn1c(=O)n(Cc2ccco2)c(=O)c2ccccc21)NCc1ccco1. The summed E-state index contributed by atoms with van der Waals surface area (Å²) in [5.74, 6) is 0.712. The van der Waals surface area contributed by atoms with E-state index in [1.807, 2.05) is 0 Å². The van der Waals surface area contributed by atoms with Crippen LogP contribution in [0.15, 0.2) is 79.5 Å². The molecule has 0 unspecified atom stereocenters. The number of amides is 1. The Bertz CT molecular complexity index is 1220. The van der Waals surface area contributed by atoms with Crippen LogP contribution in [0, 0.1) is 0 Å². The number of rotatable bonds is 6. The predicted molar refractivity (Wildman–Crippen MR) is 101 cm³/mol. The lowest BCUT2D eigenvalue weighted by Gasteiger charge is -2.13. The number of fused-ring (bicyclic) bond motifs is 1. The maximum absolute atomic E-state index is 13.0. The van der Waals surface area contributed by atoms with Crippen molar-refractivity contribution in [2.75, 3.05) is 0 Å². The molecule has 0 atom stereocenters. The van der Waals surface area contributed by atoms with Gasteiger partial charge >= 0.3 is 5.69 Å². The third kappa shape index (κ3) is 3.39. The summed E-state index contributed by atoms with van der Waals surface area (Å²) in [6, 6.07) is 13.5. The predicted octanol–water partition coefficient (Wildman–Crippen LogP) is 1.71. The van der Waals surface area contributed by atoms with Crippen LogP contribution in [0.1, 0.15) is 11.5 Å². The summed E-state index contributed by atoms with van der Waals surface area (Å²) >= 11 is 0. The Balaban J connectivity index is 1.71. The molecule has 1 aromatic carbocycles. The number of aromatic nitrogens is 2. The molecule has 8 heteroatoms. The molecule has 1 N–H and O–H groups in total. The van der Waals surface area contributed by atoms with Gasteiger partial charge in [-0.25, -0.2) is 4.79 Å². The second-order valence-electron chi connectivity index (χ2n) is 6.21. The van der Waals surface area contributed by atoms with Crippen molar-refractivity contribution in [2.45, 2.75) is 19.6 Å². The summed E-state index contributed by atoms with van der Waals surface area (Å²) in [4.78, 5) is 38.2. The maximum atomic E-state index is 13.0. The number of benzene rings is 1. The fourth-order valence-corrected chi connectivity index (χ4v) is 3.02. The van der Waals surface area contributed by atoms with E-state index in [4.69, 9.17) is 8.83 Å². The van der Waals surface area contributed by atoms with E-state index in [1.165, 1.54) is 17.1 Å². The highest BCUT2D eigenvalue weighted by Crippen LogP contribution is 2.09. The first-order chi connectivity index (χ1) is 13.6. The molecule has 4 aromatic rings. The minimum absolute atomic E-state index is 0.0104. The zero-order valence-corrected chi connectivity index (χ0v) is 14.8. The van der Waals surface area contributed by atoms with E-state index in [1.54, 1.807) is 48.5 Å². The third-order valence-corrected chi connectivity index (χ3v) is 4.37. The van der Waals surface area contributed by atoms with Gasteiger partial charge in [0, 0.05) is 0 Å². The second-order valence-corrected chi connectivity index (χ2v) is 6.21. The first-order valence-electron chi connectivity index (χ1n) is 8.67. The van der Waals surface area contributed by atoms with Crippen molar-refractivity contribution in [3.05, 3.63) is 93.4 Å². The highest BCUT2D eigenvalue weighted by atomic mass is 16.3. The van der Waals surface area contributed by atoms with E-state index in [0.717, 1.165) is 4.57 Å². The van der Waals surface area contributed by atoms with Crippen LogP contribution < -0.4 is 16.6 Å². The van der Waals surface area contributed by atoms with Crippen molar-refractivity contribution in [1.82, 2.24) is 14.5 Å². The lowest BCUT2D eigenvalue weighted by molar-refractivity contribution is -0.121. The van der Waals surface area contributed by atoms with Crippen molar-refractivity contribution < 1.29 is 13.6 Å². The van der Waals surface area contributed by atoms with Crippen molar-refractivity contribution >= 4 is 16.8 Å². The highest BCUT2D eigenvalue weighted by Gasteiger charge is 2.16. The Morgan fingerprint density at radius 1 is 0.893 bits per heavy atom. The standard InChI is InChI=1S/C20H17N3O5/c24-18(21-11-14-5-3-9-27-14)13-22-17-8-2-1-7-16(17)19(25)23(20(22)26)12-15-6-4-10-28-15/h1-10H,11-13H2,(H,21,24). The molecule has 0 fully saturated rings. The van der Waals surface area contributed by atoms with Crippen LogP contribution in [-0.2, 0) is 24.4 Å². The smallest absolute Gasteiger partial charge is 0.332 e. The number of para-hydroxylation sites is 1. The van der Waals surface area contributed by atoms with Gasteiger partial charge in [-0.05, 0) is 36.4 Å². The number of furan rings is 2. The summed E-state index contributed by atoms with van der Waals surface area (Å²) in [6.07, 6.45) is 2.99. The quantitative estimate of drug-likeness (QED) is 0.550. The van der Waals surface area contributed by atoms with E-state index in [2.05, 4.69) is 5.32 Å². The number of nitrogens with zero attached hydrogens (tertiary/aromatic N) is 2. The topological polar surface area (TPSA) is 99.4 Å². The van der Waals surface area contributed by atoms with Crippen LogP contribution in [0.2, 0.25) is 0 Å².